The number of nitrogens with zero attached hydrogens (tertiary/aromatic N) is 2. The Bertz CT molecular complexity index is 732. The molecule has 24 heavy (non-hydrogen) atoms. The summed E-state index contributed by atoms with van der Waals surface area (Å²) >= 11 is 5.73. The fraction of sp³-hybridized carbons (Fsp3) is 0.235. The molecular weight excluding hydrogens is 330 g/mol. The van der Waals surface area contributed by atoms with E-state index in [0.717, 1.165) is 5.69 Å². The maximum absolute atomic E-state index is 12.2. The monoisotopic (exact) mass is 347 g/mol. The van der Waals surface area contributed by atoms with Crippen molar-refractivity contribution in [1.29, 1.82) is 0 Å². The molecule has 1 aromatic carbocycles. The van der Waals surface area contributed by atoms with Crippen LogP contribution in [0.25, 0.3) is 0 Å². The van der Waals surface area contributed by atoms with Crippen LogP contribution in [0.4, 0.5) is 11.5 Å². The van der Waals surface area contributed by atoms with Crippen molar-refractivity contribution >= 4 is 35.0 Å². The number of halogens is 1. The molecule has 1 amide bonds. The second kappa shape index (κ2) is 7.79. The number of amides is 1. The van der Waals surface area contributed by atoms with Crippen LogP contribution in [0.5, 0.6) is 0 Å². The molecule has 1 aromatic heterocycles. The maximum atomic E-state index is 12.2. The molecule has 2 aromatic rings. The van der Waals surface area contributed by atoms with Crippen LogP contribution in [0.2, 0.25) is 5.02 Å². The third-order valence-electron chi connectivity index (χ3n) is 3.23. The third-order valence-corrected chi connectivity index (χ3v) is 3.45. The number of benzene rings is 1. The molecule has 0 radical (unpaired) electrons. The zero-order valence-electron chi connectivity index (χ0n) is 13.6. The van der Waals surface area contributed by atoms with Gasteiger partial charge in [0.15, 0.2) is 6.10 Å². The maximum Gasteiger partial charge on any atom is 0.338 e. The Kier molecular flexibility index (Phi) is 5.76. The van der Waals surface area contributed by atoms with E-state index in [4.69, 9.17) is 16.3 Å². The minimum absolute atomic E-state index is 0.335. The standard InChI is InChI=1S/C17H18ClN3O3/c1-11(16(22)20-15-8-7-13(18)10-19-15)24-17(23)12-5-4-6-14(9-12)21(2)3/h4-11H,1-3H3,(H,19,20,22)/t11-/m0/s1. The number of esters is 1. The van der Waals surface area contributed by atoms with Crippen molar-refractivity contribution in [2.24, 2.45) is 0 Å². The highest BCUT2D eigenvalue weighted by Crippen LogP contribution is 2.15. The molecule has 7 heteroatoms. The molecule has 6 nitrogen and oxygen atoms in total. The minimum atomic E-state index is -0.960. The fourth-order valence-electron chi connectivity index (χ4n) is 1.87. The largest absolute Gasteiger partial charge is 0.449 e. The van der Waals surface area contributed by atoms with Gasteiger partial charge in [-0.3, -0.25) is 4.79 Å². The molecule has 2 rings (SSSR count). The lowest BCUT2D eigenvalue weighted by molar-refractivity contribution is -0.123. The lowest BCUT2D eigenvalue weighted by Gasteiger charge is -2.15. The topological polar surface area (TPSA) is 71.5 Å². The molecule has 0 aliphatic heterocycles. The summed E-state index contributed by atoms with van der Waals surface area (Å²) in [7, 11) is 3.75. The van der Waals surface area contributed by atoms with Gasteiger partial charge in [0.2, 0.25) is 0 Å². The highest BCUT2D eigenvalue weighted by molar-refractivity contribution is 6.30. The molecule has 0 bridgehead atoms. The summed E-state index contributed by atoms with van der Waals surface area (Å²) in [6.45, 7) is 1.50. The lowest BCUT2D eigenvalue weighted by atomic mass is 10.2. The molecule has 0 saturated carbocycles. The number of carbonyl (C=O) groups is 2. The van der Waals surface area contributed by atoms with E-state index in [1.54, 1.807) is 30.3 Å². The molecular formula is C17H18ClN3O3. The van der Waals surface area contributed by atoms with Crippen molar-refractivity contribution in [3.63, 3.8) is 0 Å². The van der Waals surface area contributed by atoms with Gasteiger partial charge >= 0.3 is 5.97 Å². The van der Waals surface area contributed by atoms with Gasteiger partial charge in [0, 0.05) is 26.0 Å². The number of carbonyl (C=O) groups excluding carboxylic acids is 2. The van der Waals surface area contributed by atoms with E-state index >= 15 is 0 Å². The van der Waals surface area contributed by atoms with E-state index < -0.39 is 18.0 Å². The fourth-order valence-corrected chi connectivity index (χ4v) is 1.98. The SMILES string of the molecule is C[C@H](OC(=O)c1cccc(N(C)C)c1)C(=O)Nc1ccc(Cl)cn1. The molecule has 0 aliphatic carbocycles. The second-order valence-electron chi connectivity index (χ2n) is 5.34. The Labute approximate surface area is 145 Å². The Balaban J connectivity index is 1.99. The Morgan fingerprint density at radius 1 is 1.25 bits per heavy atom. The Morgan fingerprint density at radius 3 is 2.62 bits per heavy atom. The summed E-state index contributed by atoms with van der Waals surface area (Å²) in [6.07, 6.45) is 0.457. The van der Waals surface area contributed by atoms with Crippen molar-refractivity contribution in [2.45, 2.75) is 13.0 Å². The van der Waals surface area contributed by atoms with Crippen LogP contribution in [0.1, 0.15) is 17.3 Å². The molecule has 0 fully saturated rings. The number of nitrogens with one attached hydrogen (secondary N) is 1. The predicted molar refractivity (Wildman–Crippen MR) is 93.5 cm³/mol. The number of anilines is 2. The smallest absolute Gasteiger partial charge is 0.338 e. The van der Waals surface area contributed by atoms with E-state index in [-0.39, 0.29) is 0 Å². The van der Waals surface area contributed by atoms with Crippen LogP contribution in [0.3, 0.4) is 0 Å². The van der Waals surface area contributed by atoms with E-state index in [0.29, 0.717) is 16.4 Å². The van der Waals surface area contributed by atoms with Gasteiger partial charge in [-0.2, -0.15) is 0 Å². The molecule has 0 unspecified atom stereocenters. The van der Waals surface area contributed by atoms with Crippen LogP contribution < -0.4 is 10.2 Å². The summed E-state index contributed by atoms with van der Waals surface area (Å²) in [5.41, 5.74) is 1.25. The van der Waals surface area contributed by atoms with Gasteiger partial charge in [-0.1, -0.05) is 17.7 Å². The van der Waals surface area contributed by atoms with Crippen LogP contribution in [-0.2, 0) is 9.53 Å². The van der Waals surface area contributed by atoms with E-state index in [2.05, 4.69) is 10.3 Å². The van der Waals surface area contributed by atoms with E-state index in [1.807, 2.05) is 25.1 Å². The van der Waals surface area contributed by atoms with Crippen LogP contribution >= 0.6 is 11.6 Å². The van der Waals surface area contributed by atoms with Crippen LogP contribution in [0.15, 0.2) is 42.6 Å². The van der Waals surface area contributed by atoms with Crippen molar-refractivity contribution < 1.29 is 14.3 Å². The number of aromatic nitrogens is 1. The van der Waals surface area contributed by atoms with Gasteiger partial charge in [-0.25, -0.2) is 9.78 Å². The Hall–Kier alpha value is -2.60. The first-order chi connectivity index (χ1) is 11.4. The predicted octanol–water partition coefficient (Wildman–Crippen LogP) is 2.99. The highest BCUT2D eigenvalue weighted by atomic mass is 35.5. The molecule has 0 spiro atoms. The molecule has 0 saturated heterocycles. The number of pyridine rings is 1. The number of hydrogen-bond donors (Lipinski definition) is 1. The zero-order valence-corrected chi connectivity index (χ0v) is 14.4. The second-order valence-corrected chi connectivity index (χ2v) is 5.78. The zero-order chi connectivity index (χ0) is 17.7. The summed E-state index contributed by atoms with van der Waals surface area (Å²) in [5.74, 6) is -0.700. The normalized spacial score (nSPS) is 11.5. The number of hydrogen-bond acceptors (Lipinski definition) is 5. The van der Waals surface area contributed by atoms with Crippen molar-refractivity contribution in [3.05, 3.63) is 53.2 Å². The van der Waals surface area contributed by atoms with Gasteiger partial charge in [0.25, 0.3) is 5.91 Å². The lowest BCUT2D eigenvalue weighted by Crippen LogP contribution is -2.30. The first-order valence-electron chi connectivity index (χ1n) is 7.27. The molecule has 1 N–H and O–H groups in total. The average molecular weight is 348 g/mol. The Morgan fingerprint density at radius 2 is 2.00 bits per heavy atom. The minimum Gasteiger partial charge on any atom is -0.449 e. The number of rotatable bonds is 5. The van der Waals surface area contributed by atoms with E-state index in [9.17, 15) is 9.59 Å². The molecule has 126 valence electrons. The summed E-state index contributed by atoms with van der Waals surface area (Å²) in [4.78, 5) is 30.1. The van der Waals surface area contributed by atoms with Crippen molar-refractivity contribution in [2.75, 3.05) is 24.3 Å². The summed E-state index contributed by atoms with van der Waals surface area (Å²) in [5, 5.41) is 3.03. The van der Waals surface area contributed by atoms with E-state index in [1.165, 1.54) is 13.1 Å². The quantitative estimate of drug-likeness (QED) is 0.842. The van der Waals surface area contributed by atoms with Gasteiger partial charge in [0.05, 0.1) is 10.6 Å². The summed E-state index contributed by atoms with van der Waals surface area (Å²) < 4.78 is 5.21. The van der Waals surface area contributed by atoms with Gasteiger partial charge in [-0.15, -0.1) is 0 Å². The summed E-state index contributed by atoms with van der Waals surface area (Å²) in [6, 6.07) is 10.1. The average Bonchev–Trinajstić information content (AvgIpc) is 2.56. The van der Waals surface area contributed by atoms with Crippen molar-refractivity contribution in [1.82, 2.24) is 4.98 Å². The van der Waals surface area contributed by atoms with Crippen molar-refractivity contribution in [3.8, 4) is 0 Å². The highest BCUT2D eigenvalue weighted by Gasteiger charge is 2.19. The molecule has 1 atom stereocenters. The third kappa shape index (κ3) is 4.70. The molecule has 0 aliphatic rings. The van der Waals surface area contributed by atoms with Gasteiger partial charge in [-0.05, 0) is 37.3 Å². The van der Waals surface area contributed by atoms with Gasteiger partial charge in [0.1, 0.15) is 5.82 Å². The molecule has 1 heterocycles. The van der Waals surface area contributed by atoms with Crippen LogP contribution in [-0.4, -0.2) is 37.1 Å². The number of ether oxygens (including phenoxy) is 1. The van der Waals surface area contributed by atoms with Gasteiger partial charge < -0.3 is 15.0 Å². The first-order valence-corrected chi connectivity index (χ1v) is 7.65. The van der Waals surface area contributed by atoms with Crippen LogP contribution in [0, 0.1) is 0 Å². The first kappa shape index (κ1) is 17.7.